The number of ether oxygens (including phenoxy) is 1. The number of benzene rings is 1. The maximum Gasteiger partial charge on any atom is 0.254 e. The molecule has 0 saturated carbocycles. The predicted octanol–water partition coefficient (Wildman–Crippen LogP) is 1.74. The van der Waals surface area contributed by atoms with Gasteiger partial charge in [-0.25, -0.2) is 0 Å². The number of nitrogens with zero attached hydrogens (tertiary/aromatic N) is 2. The third-order valence-electron chi connectivity index (χ3n) is 5.05. The fourth-order valence-electron chi connectivity index (χ4n) is 3.73. The summed E-state index contributed by atoms with van der Waals surface area (Å²) >= 11 is 0. The number of nitrogens with two attached hydrogens (primary N) is 1. The Morgan fingerprint density at radius 1 is 1.19 bits per heavy atom. The van der Waals surface area contributed by atoms with Crippen molar-refractivity contribution in [1.82, 2.24) is 9.80 Å². The monoisotopic (exact) mass is 381 g/mol. The van der Waals surface area contributed by atoms with Crippen molar-refractivity contribution in [2.45, 2.75) is 50.9 Å². The van der Waals surface area contributed by atoms with E-state index in [1.54, 1.807) is 4.90 Å². The van der Waals surface area contributed by atoms with E-state index >= 15 is 0 Å². The number of likely N-dealkylation sites (tertiary alicyclic amines) is 1. The molecule has 2 aliphatic rings. The summed E-state index contributed by atoms with van der Waals surface area (Å²) in [6.07, 6.45) is 0.944. The van der Waals surface area contributed by atoms with Gasteiger partial charge in [-0.15, -0.1) is 12.4 Å². The molecule has 2 aliphatic heterocycles. The lowest BCUT2D eigenvalue weighted by Gasteiger charge is -2.44. The van der Waals surface area contributed by atoms with Gasteiger partial charge in [-0.2, -0.15) is 0 Å². The minimum atomic E-state index is -0.670. The zero-order valence-corrected chi connectivity index (χ0v) is 16.2. The summed E-state index contributed by atoms with van der Waals surface area (Å²) in [6.45, 7) is 5.19. The van der Waals surface area contributed by atoms with E-state index in [2.05, 4.69) is 0 Å². The van der Waals surface area contributed by atoms with E-state index in [9.17, 15) is 9.59 Å². The van der Waals surface area contributed by atoms with Crippen LogP contribution >= 0.6 is 12.4 Å². The third-order valence-corrected chi connectivity index (χ3v) is 5.05. The first-order valence-electron chi connectivity index (χ1n) is 9.01. The lowest BCUT2D eigenvalue weighted by Crippen LogP contribution is -2.58. The Morgan fingerprint density at radius 2 is 1.81 bits per heavy atom. The number of hydrogen-bond acceptors (Lipinski definition) is 4. The Bertz CT molecular complexity index is 618. The number of hydrogen-bond donors (Lipinski definition) is 1. The van der Waals surface area contributed by atoms with E-state index in [-0.39, 0.29) is 42.9 Å². The molecule has 2 fully saturated rings. The zero-order chi connectivity index (χ0) is 18.0. The van der Waals surface area contributed by atoms with Crippen molar-refractivity contribution in [3.63, 3.8) is 0 Å². The lowest BCUT2D eigenvalue weighted by atomic mass is 9.94. The van der Waals surface area contributed by atoms with Gasteiger partial charge in [-0.05, 0) is 32.3 Å². The molecule has 2 heterocycles. The topological polar surface area (TPSA) is 75.9 Å². The molecule has 1 aromatic rings. The lowest BCUT2D eigenvalue weighted by molar-refractivity contribution is -0.172. The van der Waals surface area contributed by atoms with Crippen LogP contribution in [0.1, 0.15) is 38.3 Å². The van der Waals surface area contributed by atoms with Crippen LogP contribution in [0.25, 0.3) is 0 Å². The van der Waals surface area contributed by atoms with Crippen molar-refractivity contribution in [3.05, 3.63) is 35.9 Å². The highest BCUT2D eigenvalue weighted by molar-refractivity contribution is 5.86. The molecule has 0 unspecified atom stereocenters. The highest BCUT2D eigenvalue weighted by Crippen LogP contribution is 2.33. The fraction of sp³-hybridized carbons (Fsp3) is 0.579. The molecule has 0 bridgehead atoms. The van der Waals surface area contributed by atoms with Crippen molar-refractivity contribution in [1.29, 1.82) is 0 Å². The molecule has 7 heteroatoms. The maximum atomic E-state index is 13.1. The van der Waals surface area contributed by atoms with E-state index in [4.69, 9.17) is 10.5 Å². The molecule has 6 nitrogen and oxygen atoms in total. The molecular weight excluding hydrogens is 354 g/mol. The maximum absolute atomic E-state index is 13.1. The third kappa shape index (κ3) is 4.19. The number of amides is 2. The molecule has 1 aromatic carbocycles. The minimum absolute atomic E-state index is 0. The number of halogens is 1. The van der Waals surface area contributed by atoms with Crippen LogP contribution in [0.15, 0.2) is 30.3 Å². The average molecular weight is 382 g/mol. The summed E-state index contributed by atoms with van der Waals surface area (Å²) < 4.78 is 5.77. The summed E-state index contributed by atoms with van der Waals surface area (Å²) in [5, 5.41) is 0. The van der Waals surface area contributed by atoms with Gasteiger partial charge in [-0.1, -0.05) is 30.3 Å². The summed E-state index contributed by atoms with van der Waals surface area (Å²) in [7, 11) is 0. The highest BCUT2D eigenvalue weighted by Gasteiger charge is 2.44. The molecule has 0 aromatic heterocycles. The first-order chi connectivity index (χ1) is 12.0. The van der Waals surface area contributed by atoms with Crippen molar-refractivity contribution < 1.29 is 14.3 Å². The van der Waals surface area contributed by atoms with Crippen LogP contribution in [0.2, 0.25) is 0 Å². The largest absolute Gasteiger partial charge is 0.356 e. The molecule has 144 valence electrons. The second kappa shape index (κ2) is 8.84. The molecule has 0 radical (unpaired) electrons. The number of morpholine rings is 1. The number of piperidine rings is 1. The van der Waals surface area contributed by atoms with Gasteiger partial charge >= 0.3 is 0 Å². The molecule has 2 amide bonds. The zero-order valence-electron chi connectivity index (χ0n) is 15.3. The van der Waals surface area contributed by atoms with Gasteiger partial charge in [0, 0.05) is 25.2 Å². The Balaban J connectivity index is 0.00000243. The highest BCUT2D eigenvalue weighted by atomic mass is 35.5. The Morgan fingerprint density at radius 3 is 2.38 bits per heavy atom. The number of rotatable bonds is 3. The summed E-state index contributed by atoms with van der Waals surface area (Å²) in [4.78, 5) is 29.2. The predicted molar refractivity (Wildman–Crippen MR) is 102 cm³/mol. The fourth-order valence-corrected chi connectivity index (χ4v) is 3.73. The van der Waals surface area contributed by atoms with Crippen LogP contribution in [0, 0.1) is 0 Å². The SMILES string of the molecule is CC(C)N1C(=O)CO[C@H](C(=O)N2CCC(N)CC2)[C@H]1c1ccccc1.Cl. The average Bonchev–Trinajstić information content (AvgIpc) is 2.62. The van der Waals surface area contributed by atoms with Crippen LogP contribution in [-0.2, 0) is 14.3 Å². The minimum Gasteiger partial charge on any atom is -0.356 e. The van der Waals surface area contributed by atoms with Crippen LogP contribution in [-0.4, -0.2) is 59.5 Å². The van der Waals surface area contributed by atoms with E-state index in [1.165, 1.54) is 0 Å². The molecular formula is C19H28ClN3O3. The normalized spacial score (nSPS) is 24.5. The first-order valence-corrected chi connectivity index (χ1v) is 9.01. The smallest absolute Gasteiger partial charge is 0.254 e. The van der Waals surface area contributed by atoms with Crippen LogP contribution in [0.3, 0.4) is 0 Å². The van der Waals surface area contributed by atoms with Gasteiger partial charge in [0.05, 0.1) is 6.04 Å². The van der Waals surface area contributed by atoms with E-state index < -0.39 is 12.1 Å². The Hall–Kier alpha value is -1.63. The molecule has 2 N–H and O–H groups in total. The van der Waals surface area contributed by atoms with Gasteiger partial charge in [0.15, 0.2) is 6.10 Å². The van der Waals surface area contributed by atoms with E-state index in [1.807, 2.05) is 49.1 Å². The summed E-state index contributed by atoms with van der Waals surface area (Å²) in [5.74, 6) is -0.118. The molecule has 0 spiro atoms. The Labute approximate surface area is 161 Å². The van der Waals surface area contributed by atoms with E-state index in [0.29, 0.717) is 13.1 Å². The molecule has 3 rings (SSSR count). The Kier molecular flexibility index (Phi) is 7.03. The summed E-state index contributed by atoms with van der Waals surface area (Å²) in [6, 6.07) is 9.44. The molecule has 2 atom stereocenters. The molecule has 2 saturated heterocycles. The van der Waals surface area contributed by atoms with Crippen molar-refractivity contribution in [3.8, 4) is 0 Å². The van der Waals surface area contributed by atoms with Gasteiger partial charge in [0.2, 0.25) is 5.91 Å². The molecule has 26 heavy (non-hydrogen) atoms. The van der Waals surface area contributed by atoms with Crippen molar-refractivity contribution in [2.75, 3.05) is 19.7 Å². The second-order valence-corrected chi connectivity index (χ2v) is 7.14. The van der Waals surface area contributed by atoms with Gasteiger partial charge in [-0.3, -0.25) is 9.59 Å². The number of carbonyl (C=O) groups excluding carboxylic acids is 2. The quantitative estimate of drug-likeness (QED) is 0.865. The van der Waals surface area contributed by atoms with Gasteiger partial charge in [0.1, 0.15) is 6.61 Å². The number of carbonyl (C=O) groups is 2. The van der Waals surface area contributed by atoms with Crippen molar-refractivity contribution >= 4 is 24.2 Å². The van der Waals surface area contributed by atoms with Crippen LogP contribution in [0.4, 0.5) is 0 Å². The second-order valence-electron chi connectivity index (χ2n) is 7.14. The molecule has 0 aliphatic carbocycles. The van der Waals surface area contributed by atoms with Gasteiger partial charge in [0.25, 0.3) is 5.91 Å². The standard InChI is InChI=1S/C19H27N3O3.ClH/c1-13(2)22-16(23)12-25-18(17(22)14-6-4-3-5-7-14)19(24)21-10-8-15(20)9-11-21;/h3-7,13,15,17-18H,8-12,20H2,1-2H3;1H/t17-,18+;/m1./s1. The van der Waals surface area contributed by atoms with Gasteiger partial charge < -0.3 is 20.3 Å². The van der Waals surface area contributed by atoms with Crippen molar-refractivity contribution in [2.24, 2.45) is 5.73 Å². The summed E-state index contributed by atoms with van der Waals surface area (Å²) in [5.41, 5.74) is 6.88. The van der Waals surface area contributed by atoms with Crippen LogP contribution in [0.5, 0.6) is 0 Å². The van der Waals surface area contributed by atoms with E-state index in [0.717, 1.165) is 18.4 Å². The van der Waals surface area contributed by atoms with Crippen LogP contribution < -0.4 is 5.73 Å². The first kappa shape index (κ1) is 20.7.